The topological polar surface area (TPSA) is 125 Å². The molecule has 1 fully saturated rings. The molecule has 1 saturated heterocycles. The smallest absolute Gasteiger partial charge is 0.243 e. The number of hydrogen-bond acceptors (Lipinski definition) is 7. The van der Waals surface area contributed by atoms with E-state index in [1.165, 1.54) is 0 Å². The van der Waals surface area contributed by atoms with Crippen molar-refractivity contribution >= 4 is 28.1 Å². The first kappa shape index (κ1) is 29.9. The summed E-state index contributed by atoms with van der Waals surface area (Å²) in [7, 11) is -6.16. The third-order valence-corrected chi connectivity index (χ3v) is 11.8. The van der Waals surface area contributed by atoms with Crippen LogP contribution in [0.2, 0.25) is 0 Å². The second kappa shape index (κ2) is 14.4. The Bertz CT molecular complexity index is 862. The molecule has 1 aliphatic rings. The van der Waals surface area contributed by atoms with Crippen molar-refractivity contribution in [3.8, 4) is 0 Å². The molecular formula is C21H41N4O6P3. The molecule has 0 bridgehead atoms. The van der Waals surface area contributed by atoms with Gasteiger partial charge in [0.25, 0.3) is 0 Å². The van der Waals surface area contributed by atoms with Gasteiger partial charge in [-0.1, -0.05) is 18.2 Å². The van der Waals surface area contributed by atoms with E-state index in [1.807, 2.05) is 25.1 Å². The summed E-state index contributed by atoms with van der Waals surface area (Å²) >= 11 is 0. The highest BCUT2D eigenvalue weighted by molar-refractivity contribution is 7.68. The largest absolute Gasteiger partial charge is 0.346 e. The maximum atomic E-state index is 13.0. The fourth-order valence-corrected chi connectivity index (χ4v) is 8.70. The first-order chi connectivity index (χ1) is 16.0. The van der Waals surface area contributed by atoms with E-state index >= 15 is 0 Å². The molecule has 3 atom stereocenters. The van der Waals surface area contributed by atoms with Gasteiger partial charge in [-0.2, -0.15) is 0 Å². The van der Waals surface area contributed by atoms with Crippen molar-refractivity contribution in [3.63, 3.8) is 0 Å². The van der Waals surface area contributed by atoms with E-state index in [9.17, 15) is 23.5 Å². The number of hydrogen-bond donors (Lipinski definition) is 3. The molecule has 13 heteroatoms. The molecule has 0 radical (unpaired) electrons. The van der Waals surface area contributed by atoms with E-state index in [1.54, 1.807) is 24.3 Å². The van der Waals surface area contributed by atoms with Crippen LogP contribution in [-0.2, 0) is 13.7 Å². The Morgan fingerprint density at radius 3 is 1.79 bits per heavy atom. The Hall–Kier alpha value is -0.370. The zero-order valence-corrected chi connectivity index (χ0v) is 23.1. The van der Waals surface area contributed by atoms with E-state index in [2.05, 4.69) is 14.7 Å². The molecule has 10 nitrogen and oxygen atoms in total. The fourth-order valence-electron chi connectivity index (χ4n) is 4.07. The van der Waals surface area contributed by atoms with Gasteiger partial charge in [-0.15, -0.1) is 0 Å². The molecule has 0 spiro atoms. The second-order valence-corrected chi connectivity index (χ2v) is 15.5. The van der Waals surface area contributed by atoms with Gasteiger partial charge in [-0.25, -0.2) is 0 Å². The Labute approximate surface area is 204 Å². The van der Waals surface area contributed by atoms with Gasteiger partial charge < -0.3 is 24.5 Å². The number of likely N-dealkylation sites (N-methyl/N-ethyl adjacent to an activating group) is 2. The molecule has 0 aliphatic carbocycles. The molecule has 1 aromatic carbocycles. The summed E-state index contributed by atoms with van der Waals surface area (Å²) in [4.78, 5) is 38.3. The lowest BCUT2D eigenvalue weighted by atomic mass is 10.3. The van der Waals surface area contributed by atoms with Crippen LogP contribution < -0.4 is 5.30 Å². The summed E-state index contributed by atoms with van der Waals surface area (Å²) in [6.07, 6.45) is 1.68. The van der Waals surface area contributed by atoms with E-state index < -0.39 is 28.7 Å². The van der Waals surface area contributed by atoms with Crippen LogP contribution >= 0.6 is 22.8 Å². The van der Waals surface area contributed by atoms with Crippen LogP contribution in [0.4, 0.5) is 0 Å². The van der Waals surface area contributed by atoms with Gasteiger partial charge in [-0.05, 0) is 65.2 Å². The highest BCUT2D eigenvalue weighted by Gasteiger charge is 2.26. The molecule has 0 amide bonds. The Morgan fingerprint density at radius 1 is 0.794 bits per heavy atom. The molecule has 0 saturated carbocycles. The first-order valence-corrected chi connectivity index (χ1v) is 17.1. The summed E-state index contributed by atoms with van der Waals surface area (Å²) in [5.41, 5.74) is 0. The third kappa shape index (κ3) is 11.6. The van der Waals surface area contributed by atoms with Crippen molar-refractivity contribution in [1.82, 2.24) is 19.6 Å². The van der Waals surface area contributed by atoms with Crippen molar-refractivity contribution < 1.29 is 28.4 Å². The van der Waals surface area contributed by atoms with E-state index in [4.69, 9.17) is 4.89 Å². The minimum absolute atomic E-state index is 0.0689. The van der Waals surface area contributed by atoms with Gasteiger partial charge >= 0.3 is 0 Å². The molecule has 1 aliphatic heterocycles. The van der Waals surface area contributed by atoms with E-state index in [0.29, 0.717) is 38.0 Å². The first-order valence-electron chi connectivity index (χ1n) is 11.7. The Balaban J connectivity index is 1.99. The Morgan fingerprint density at radius 2 is 1.29 bits per heavy atom. The lowest BCUT2D eigenvalue weighted by molar-refractivity contribution is 0.194. The maximum Gasteiger partial charge on any atom is 0.243 e. The van der Waals surface area contributed by atoms with E-state index in [-0.39, 0.29) is 12.6 Å². The van der Waals surface area contributed by atoms with Crippen molar-refractivity contribution in [2.24, 2.45) is 0 Å². The summed E-state index contributed by atoms with van der Waals surface area (Å²) < 4.78 is 36.5. The second-order valence-electron chi connectivity index (χ2n) is 9.27. The quantitative estimate of drug-likeness (QED) is 0.440. The zero-order chi connectivity index (χ0) is 25.2. The highest BCUT2D eigenvalue weighted by Crippen LogP contribution is 2.47. The van der Waals surface area contributed by atoms with Crippen molar-refractivity contribution in [1.29, 1.82) is 0 Å². The molecule has 3 N–H and O–H groups in total. The monoisotopic (exact) mass is 538 g/mol. The molecule has 2 rings (SSSR count). The minimum Gasteiger partial charge on any atom is -0.346 e. The number of nitrogens with zero attached hydrogens (tertiary/aromatic N) is 4. The lowest BCUT2D eigenvalue weighted by Crippen LogP contribution is -2.40. The van der Waals surface area contributed by atoms with Crippen LogP contribution in [-0.4, -0.2) is 119 Å². The predicted molar refractivity (Wildman–Crippen MR) is 139 cm³/mol. The average Bonchev–Trinajstić information content (AvgIpc) is 2.74. The highest BCUT2D eigenvalue weighted by atomic mass is 31.2. The van der Waals surface area contributed by atoms with Crippen LogP contribution in [0, 0.1) is 0 Å². The van der Waals surface area contributed by atoms with Gasteiger partial charge in [0.05, 0.1) is 12.6 Å². The van der Waals surface area contributed by atoms with Gasteiger partial charge in [-0.3, -0.25) is 23.5 Å². The molecule has 34 heavy (non-hydrogen) atoms. The standard InChI is InChI=1S/C21H41N4O6P3/c1-22-11-7-13-25(19-34(30,31)21-8-4-3-5-9-21)17-15-23(2)10-6-12-24(16-14-22)18-33(28,29)20-32(26)27/h3-5,8-9,32H,6-7,10-20H2,1-2H3,(H,26,27)(H,28,29)(H,30,31). The summed E-state index contributed by atoms with van der Waals surface area (Å²) in [6, 6.07) is 8.83. The van der Waals surface area contributed by atoms with Crippen LogP contribution in [0.15, 0.2) is 30.3 Å². The lowest BCUT2D eigenvalue weighted by Gasteiger charge is -2.31. The maximum absolute atomic E-state index is 13.0. The van der Waals surface area contributed by atoms with Crippen molar-refractivity contribution in [3.05, 3.63) is 30.3 Å². The fraction of sp³-hybridized carbons (Fsp3) is 0.714. The normalized spacial score (nSPS) is 24.0. The van der Waals surface area contributed by atoms with Crippen LogP contribution in [0.1, 0.15) is 12.8 Å². The summed E-state index contributed by atoms with van der Waals surface area (Å²) in [5, 5.41) is 0.479. The van der Waals surface area contributed by atoms with Crippen molar-refractivity contribution in [2.45, 2.75) is 12.8 Å². The minimum atomic E-state index is -3.68. The predicted octanol–water partition coefficient (Wildman–Crippen LogP) is 1.45. The van der Waals surface area contributed by atoms with Gasteiger partial charge in [0.15, 0.2) is 8.03 Å². The SMILES string of the molecule is CN1CCCN(CP(=O)(O)c2ccccc2)CCN(C)CCCN(CP(=O)(O)C[PH](=O)O)CC1. The summed E-state index contributed by atoms with van der Waals surface area (Å²) in [6.45, 7) is 5.62. The van der Waals surface area contributed by atoms with Gasteiger partial charge in [0, 0.05) is 31.5 Å². The van der Waals surface area contributed by atoms with Gasteiger partial charge in [0.1, 0.15) is 5.90 Å². The molecule has 0 aromatic heterocycles. The third-order valence-electron chi connectivity index (χ3n) is 5.98. The van der Waals surface area contributed by atoms with Crippen molar-refractivity contribution in [2.75, 3.05) is 84.9 Å². The van der Waals surface area contributed by atoms with Crippen LogP contribution in [0.5, 0.6) is 0 Å². The Kier molecular flexibility index (Phi) is 12.6. The number of benzene rings is 1. The molecule has 3 unspecified atom stereocenters. The summed E-state index contributed by atoms with van der Waals surface area (Å²) in [5.74, 6) is -0.530. The molecule has 196 valence electrons. The molecular weight excluding hydrogens is 497 g/mol. The van der Waals surface area contributed by atoms with Crippen LogP contribution in [0.25, 0.3) is 0 Å². The molecule has 1 aromatic rings. The zero-order valence-electron chi connectivity index (χ0n) is 20.3. The van der Waals surface area contributed by atoms with E-state index in [0.717, 1.165) is 32.5 Å². The molecule has 1 heterocycles. The van der Waals surface area contributed by atoms with Crippen LogP contribution in [0.3, 0.4) is 0 Å². The average molecular weight is 539 g/mol. The number of rotatable bonds is 7. The van der Waals surface area contributed by atoms with Gasteiger partial charge in [0.2, 0.25) is 14.7 Å².